The first-order valence-electron chi connectivity index (χ1n) is 2.80. The Bertz CT molecular complexity index is 146. The van der Waals surface area contributed by atoms with E-state index in [1.54, 1.807) is 0 Å². The fourth-order valence-electron chi connectivity index (χ4n) is 0.865. The zero-order chi connectivity index (χ0) is 7.12. The molecule has 0 aromatic heterocycles. The topological polar surface area (TPSA) is 40.5 Å². The molecule has 0 saturated heterocycles. The van der Waals surface area contributed by atoms with E-state index in [9.17, 15) is 10.2 Å². The van der Waals surface area contributed by atoms with Crippen molar-refractivity contribution in [2.45, 2.75) is 17.6 Å². The standard InChI is InChI=1S/C7H10O2/c1-3-6(8)5-7(6,9)4-2/h3-4,8-9H,1-2,5H2. The Kier molecular flexibility index (Phi) is 1.06. The van der Waals surface area contributed by atoms with Gasteiger partial charge in [-0.3, -0.25) is 0 Å². The normalized spacial score (nSPS) is 48.2. The second-order valence-electron chi connectivity index (χ2n) is 2.43. The van der Waals surface area contributed by atoms with Crippen molar-refractivity contribution in [3.63, 3.8) is 0 Å². The first kappa shape index (κ1) is 6.52. The van der Waals surface area contributed by atoms with Crippen LogP contribution in [0.4, 0.5) is 0 Å². The molecular formula is C7H10O2. The highest BCUT2D eigenvalue weighted by Crippen LogP contribution is 2.49. The summed E-state index contributed by atoms with van der Waals surface area (Å²) in [7, 11) is 0. The Morgan fingerprint density at radius 1 is 1.11 bits per heavy atom. The van der Waals surface area contributed by atoms with Gasteiger partial charge in [0.05, 0.1) is 0 Å². The van der Waals surface area contributed by atoms with Gasteiger partial charge in [-0.1, -0.05) is 12.2 Å². The molecule has 0 spiro atoms. The van der Waals surface area contributed by atoms with Crippen molar-refractivity contribution in [3.8, 4) is 0 Å². The zero-order valence-electron chi connectivity index (χ0n) is 5.17. The molecule has 1 saturated carbocycles. The summed E-state index contributed by atoms with van der Waals surface area (Å²) < 4.78 is 0. The second-order valence-corrected chi connectivity index (χ2v) is 2.43. The minimum absolute atomic E-state index is 0.326. The first-order chi connectivity index (χ1) is 4.08. The zero-order valence-corrected chi connectivity index (χ0v) is 5.17. The van der Waals surface area contributed by atoms with Crippen LogP contribution in [0.25, 0.3) is 0 Å². The van der Waals surface area contributed by atoms with E-state index >= 15 is 0 Å². The van der Waals surface area contributed by atoms with Gasteiger partial charge >= 0.3 is 0 Å². The first-order valence-corrected chi connectivity index (χ1v) is 2.80. The number of hydrogen-bond donors (Lipinski definition) is 2. The highest BCUT2D eigenvalue weighted by Gasteiger charge is 2.62. The molecule has 0 aromatic carbocycles. The summed E-state index contributed by atoms with van der Waals surface area (Å²) in [6.45, 7) is 6.76. The van der Waals surface area contributed by atoms with Crippen LogP contribution in [0.2, 0.25) is 0 Å². The third-order valence-corrected chi connectivity index (χ3v) is 1.84. The molecule has 2 N–H and O–H groups in total. The maximum Gasteiger partial charge on any atom is 0.118 e. The number of hydrogen-bond acceptors (Lipinski definition) is 2. The van der Waals surface area contributed by atoms with Crippen molar-refractivity contribution in [2.24, 2.45) is 0 Å². The lowest BCUT2D eigenvalue weighted by molar-refractivity contribution is 0.0813. The molecule has 0 aromatic rings. The Morgan fingerprint density at radius 3 is 1.56 bits per heavy atom. The number of rotatable bonds is 2. The average molecular weight is 126 g/mol. The minimum atomic E-state index is -1.10. The third-order valence-electron chi connectivity index (χ3n) is 1.84. The monoisotopic (exact) mass is 126 g/mol. The van der Waals surface area contributed by atoms with Gasteiger partial charge in [-0.05, 0) is 0 Å². The van der Waals surface area contributed by atoms with Gasteiger partial charge in [0.1, 0.15) is 11.2 Å². The van der Waals surface area contributed by atoms with Crippen molar-refractivity contribution in [1.29, 1.82) is 0 Å². The minimum Gasteiger partial charge on any atom is -0.382 e. The summed E-state index contributed by atoms with van der Waals surface area (Å²) in [5.74, 6) is 0. The van der Waals surface area contributed by atoms with Crippen molar-refractivity contribution < 1.29 is 10.2 Å². The summed E-state index contributed by atoms with van der Waals surface area (Å²) in [4.78, 5) is 0. The van der Waals surface area contributed by atoms with E-state index in [0.717, 1.165) is 0 Å². The van der Waals surface area contributed by atoms with E-state index in [1.807, 2.05) is 0 Å². The quantitative estimate of drug-likeness (QED) is 0.520. The van der Waals surface area contributed by atoms with E-state index in [2.05, 4.69) is 13.2 Å². The molecule has 0 amide bonds. The van der Waals surface area contributed by atoms with Crippen LogP contribution in [0.3, 0.4) is 0 Å². The Hall–Kier alpha value is -0.600. The molecule has 0 bridgehead atoms. The van der Waals surface area contributed by atoms with Gasteiger partial charge in [-0.15, -0.1) is 13.2 Å². The predicted molar refractivity (Wildman–Crippen MR) is 34.9 cm³/mol. The van der Waals surface area contributed by atoms with E-state index in [-0.39, 0.29) is 0 Å². The summed E-state index contributed by atoms with van der Waals surface area (Å²) >= 11 is 0. The van der Waals surface area contributed by atoms with Crippen molar-refractivity contribution in [3.05, 3.63) is 25.3 Å². The maximum atomic E-state index is 9.22. The predicted octanol–water partition coefficient (Wildman–Crippen LogP) is 0.224. The van der Waals surface area contributed by atoms with Crippen LogP contribution >= 0.6 is 0 Å². The van der Waals surface area contributed by atoms with Gasteiger partial charge in [0.25, 0.3) is 0 Å². The van der Waals surface area contributed by atoms with Gasteiger partial charge < -0.3 is 10.2 Å². The molecule has 2 unspecified atom stereocenters. The van der Waals surface area contributed by atoms with Gasteiger partial charge in [0.15, 0.2) is 0 Å². The SMILES string of the molecule is C=CC1(O)CC1(O)C=C. The molecule has 1 fully saturated rings. The smallest absolute Gasteiger partial charge is 0.118 e. The summed E-state index contributed by atoms with van der Waals surface area (Å²) in [6, 6.07) is 0. The highest BCUT2D eigenvalue weighted by atomic mass is 16.4. The molecule has 2 atom stereocenters. The fourth-order valence-corrected chi connectivity index (χ4v) is 0.865. The van der Waals surface area contributed by atoms with Crippen molar-refractivity contribution in [2.75, 3.05) is 0 Å². The van der Waals surface area contributed by atoms with Gasteiger partial charge in [0.2, 0.25) is 0 Å². The summed E-state index contributed by atoms with van der Waals surface area (Å²) in [5, 5.41) is 18.4. The van der Waals surface area contributed by atoms with E-state index in [1.165, 1.54) is 12.2 Å². The van der Waals surface area contributed by atoms with Crippen LogP contribution in [0, 0.1) is 0 Å². The van der Waals surface area contributed by atoms with Crippen LogP contribution in [-0.2, 0) is 0 Å². The van der Waals surface area contributed by atoms with E-state index < -0.39 is 11.2 Å². The number of aliphatic hydroxyl groups is 2. The van der Waals surface area contributed by atoms with Gasteiger partial charge in [-0.25, -0.2) is 0 Å². The van der Waals surface area contributed by atoms with Crippen LogP contribution in [0.5, 0.6) is 0 Å². The van der Waals surface area contributed by atoms with Crippen LogP contribution in [-0.4, -0.2) is 21.4 Å². The highest BCUT2D eigenvalue weighted by molar-refractivity contribution is 5.32. The summed E-state index contributed by atoms with van der Waals surface area (Å²) in [6.07, 6.45) is 3.01. The lowest BCUT2D eigenvalue weighted by Gasteiger charge is -2.05. The molecule has 9 heavy (non-hydrogen) atoms. The summed E-state index contributed by atoms with van der Waals surface area (Å²) in [5.41, 5.74) is -2.20. The Morgan fingerprint density at radius 2 is 1.44 bits per heavy atom. The lowest BCUT2D eigenvalue weighted by Crippen LogP contribution is -2.20. The van der Waals surface area contributed by atoms with E-state index in [4.69, 9.17) is 0 Å². The molecule has 1 aliphatic carbocycles. The molecule has 0 aliphatic heterocycles. The van der Waals surface area contributed by atoms with Crippen LogP contribution in [0.1, 0.15) is 6.42 Å². The van der Waals surface area contributed by atoms with Gasteiger partial charge in [0, 0.05) is 6.42 Å². The Labute approximate surface area is 54.1 Å². The molecule has 1 rings (SSSR count). The van der Waals surface area contributed by atoms with Crippen molar-refractivity contribution in [1.82, 2.24) is 0 Å². The fraction of sp³-hybridized carbons (Fsp3) is 0.429. The molecular weight excluding hydrogens is 116 g/mol. The lowest BCUT2D eigenvalue weighted by atomic mass is 10.2. The molecule has 0 radical (unpaired) electrons. The largest absolute Gasteiger partial charge is 0.382 e. The average Bonchev–Trinajstić information content (AvgIpc) is 2.39. The van der Waals surface area contributed by atoms with Gasteiger partial charge in [-0.2, -0.15) is 0 Å². The Balaban J connectivity index is 2.75. The van der Waals surface area contributed by atoms with Crippen LogP contribution in [0.15, 0.2) is 25.3 Å². The van der Waals surface area contributed by atoms with Crippen molar-refractivity contribution >= 4 is 0 Å². The second kappa shape index (κ2) is 1.46. The molecule has 2 heteroatoms. The molecule has 50 valence electrons. The van der Waals surface area contributed by atoms with Crippen LogP contribution < -0.4 is 0 Å². The molecule has 2 nitrogen and oxygen atoms in total. The third kappa shape index (κ3) is 0.637. The molecule has 0 heterocycles. The van der Waals surface area contributed by atoms with E-state index in [0.29, 0.717) is 6.42 Å². The molecule has 1 aliphatic rings. The maximum absolute atomic E-state index is 9.22.